The monoisotopic (exact) mass is 338 g/mol. The van der Waals surface area contributed by atoms with Crippen molar-refractivity contribution < 1.29 is 39.5 Å². The number of hydrogen-bond donors (Lipinski definition) is 1. The maximum absolute atomic E-state index is 10.3. The van der Waals surface area contributed by atoms with Crippen molar-refractivity contribution in [3.05, 3.63) is 0 Å². The minimum atomic E-state index is -0.653. The van der Waals surface area contributed by atoms with Gasteiger partial charge in [0.2, 0.25) is 0 Å². The molecule has 2 nitrogen and oxygen atoms in total. The number of hydrogen-bond acceptors (Lipinski definition) is 1. The van der Waals surface area contributed by atoms with Crippen molar-refractivity contribution >= 4 is 16.9 Å². The van der Waals surface area contributed by atoms with E-state index in [2.05, 4.69) is 6.92 Å². The van der Waals surface area contributed by atoms with Gasteiger partial charge in [0.25, 0.3) is 0 Å². The number of carbonyl (C=O) groups is 1. The van der Waals surface area contributed by atoms with Crippen LogP contribution in [0.2, 0.25) is 0 Å². The van der Waals surface area contributed by atoms with Gasteiger partial charge in [-0.3, -0.25) is 4.79 Å². The van der Waals surface area contributed by atoms with Gasteiger partial charge in [0.05, 0.1) is 0 Å². The Balaban J connectivity index is -0.00000180. The number of rotatable bonds is 16. The summed E-state index contributed by atoms with van der Waals surface area (Å²) in [6, 6.07) is 0. The van der Waals surface area contributed by atoms with E-state index in [0.717, 1.165) is 12.8 Å². The van der Waals surface area contributed by atoms with Crippen LogP contribution in [-0.4, -0.2) is 22.0 Å². The van der Waals surface area contributed by atoms with Gasteiger partial charge in [0.1, 0.15) is 0 Å². The van der Waals surface area contributed by atoms with Gasteiger partial charge in [-0.05, 0) is 6.42 Å². The van der Waals surface area contributed by atoms with Crippen molar-refractivity contribution in [2.24, 2.45) is 0 Å². The molecule has 0 bridgehead atoms. The summed E-state index contributed by atoms with van der Waals surface area (Å²) in [6.07, 6.45) is 20.2. The van der Waals surface area contributed by atoms with E-state index >= 15 is 0 Å². The third-order valence-corrected chi connectivity index (χ3v) is 3.99. The van der Waals surface area contributed by atoms with E-state index in [0.29, 0.717) is 6.42 Å². The zero-order valence-corrected chi connectivity index (χ0v) is 19.7. The molecule has 0 heterocycles. The normalized spacial score (nSPS) is 9.86. The Morgan fingerprint density at radius 1 is 0.636 bits per heavy atom. The maximum Gasteiger partial charge on any atom is 1.00 e. The summed E-state index contributed by atoms with van der Waals surface area (Å²) in [6.45, 7) is 2.27. The average Bonchev–Trinajstić information content (AvgIpc) is 2.43. The van der Waals surface area contributed by atoms with Gasteiger partial charge in [0.15, 0.2) is 0 Å². The van der Waals surface area contributed by atoms with Crippen molar-refractivity contribution in [3.63, 3.8) is 0 Å². The molecule has 0 aromatic carbocycles. The molecule has 0 atom stereocenters. The Labute approximate surface area is 165 Å². The van der Waals surface area contributed by atoms with E-state index < -0.39 is 5.97 Å². The fraction of sp³-hybridized carbons (Fsp3) is 0.944. The smallest absolute Gasteiger partial charge is 0.481 e. The Bertz CT molecular complexity index is 213. The predicted molar refractivity (Wildman–Crippen MR) is 97.1 cm³/mol. The second-order valence-electron chi connectivity index (χ2n) is 6.09. The second-order valence-corrected chi connectivity index (χ2v) is 6.09. The first-order valence-electron chi connectivity index (χ1n) is 8.99. The summed E-state index contributed by atoms with van der Waals surface area (Å²) >= 11 is 0. The molecule has 0 radical (unpaired) electrons. The zero-order chi connectivity index (χ0) is 14.9. The van der Waals surface area contributed by atoms with E-state index in [-0.39, 0.29) is 40.5 Å². The Morgan fingerprint density at radius 2 is 0.909 bits per heavy atom. The molecule has 0 unspecified atom stereocenters. The molecule has 0 aromatic rings. The fourth-order valence-corrected chi connectivity index (χ4v) is 2.65. The zero-order valence-electron chi connectivity index (χ0n) is 15.7. The first-order chi connectivity index (χ1) is 9.77. The van der Waals surface area contributed by atoms with Crippen molar-refractivity contribution in [1.82, 2.24) is 0 Å². The van der Waals surface area contributed by atoms with Crippen molar-refractivity contribution in [1.29, 1.82) is 0 Å². The predicted octanol–water partition coefficient (Wildman–Crippen LogP) is 2.15. The largest absolute Gasteiger partial charge is 1.00 e. The van der Waals surface area contributed by atoms with Gasteiger partial charge in [0, 0.05) is 6.42 Å². The van der Waals surface area contributed by atoms with Crippen LogP contribution in [0.4, 0.5) is 0 Å². The van der Waals surface area contributed by atoms with Crippen LogP contribution >= 0.6 is 0 Å². The average molecular weight is 339 g/mol. The summed E-state index contributed by atoms with van der Waals surface area (Å²) in [5, 5.41) is 8.52. The number of unbranched alkanes of at least 4 members (excludes halogenated alkanes) is 14. The number of carboxylic acids is 1. The summed E-state index contributed by atoms with van der Waals surface area (Å²) in [4.78, 5) is 10.3. The molecular formula is C18H39NaO2Si. The van der Waals surface area contributed by atoms with Crippen LogP contribution in [0.1, 0.15) is 110 Å². The summed E-state index contributed by atoms with van der Waals surface area (Å²) < 4.78 is 0. The molecule has 0 saturated heterocycles. The van der Waals surface area contributed by atoms with Gasteiger partial charge in [-0.15, -0.1) is 0 Å². The van der Waals surface area contributed by atoms with Gasteiger partial charge < -0.3 is 16.1 Å². The van der Waals surface area contributed by atoms with Crippen LogP contribution < -0.4 is 29.6 Å². The molecule has 0 amide bonds. The summed E-state index contributed by atoms with van der Waals surface area (Å²) in [5.41, 5.74) is 0. The quantitative estimate of drug-likeness (QED) is 0.346. The van der Waals surface area contributed by atoms with E-state index in [1.165, 1.54) is 83.5 Å². The molecule has 0 aromatic heterocycles. The first-order valence-corrected chi connectivity index (χ1v) is 8.99. The Kier molecular flexibility index (Phi) is 30.0. The molecular weight excluding hydrogens is 299 g/mol. The van der Waals surface area contributed by atoms with Crippen LogP contribution in [0.25, 0.3) is 0 Å². The number of carboxylic acid groups (broad SMARTS) is 1. The first kappa shape index (κ1) is 27.5. The van der Waals surface area contributed by atoms with Crippen molar-refractivity contribution in [2.75, 3.05) is 0 Å². The van der Waals surface area contributed by atoms with E-state index in [9.17, 15) is 4.79 Å². The van der Waals surface area contributed by atoms with Crippen LogP contribution in [0.3, 0.4) is 0 Å². The van der Waals surface area contributed by atoms with E-state index in [1.807, 2.05) is 0 Å². The van der Waals surface area contributed by atoms with Crippen LogP contribution in [-0.2, 0) is 4.79 Å². The third kappa shape index (κ3) is 25.6. The Morgan fingerprint density at radius 3 is 1.18 bits per heavy atom. The topological polar surface area (TPSA) is 37.3 Å². The van der Waals surface area contributed by atoms with Crippen molar-refractivity contribution in [3.8, 4) is 0 Å². The molecule has 0 aliphatic heterocycles. The third-order valence-electron chi connectivity index (χ3n) is 3.99. The molecule has 0 saturated carbocycles. The maximum atomic E-state index is 10.3. The second kappa shape index (κ2) is 23.9. The van der Waals surface area contributed by atoms with Crippen LogP contribution in [0, 0.1) is 0 Å². The van der Waals surface area contributed by atoms with E-state index in [4.69, 9.17) is 5.11 Å². The summed E-state index contributed by atoms with van der Waals surface area (Å²) in [7, 11) is 0. The minimum Gasteiger partial charge on any atom is -0.481 e. The van der Waals surface area contributed by atoms with Crippen LogP contribution in [0.5, 0.6) is 0 Å². The molecule has 0 spiro atoms. The van der Waals surface area contributed by atoms with Crippen molar-refractivity contribution in [2.45, 2.75) is 110 Å². The molecule has 4 heteroatoms. The minimum absolute atomic E-state index is 0. The molecule has 22 heavy (non-hydrogen) atoms. The van der Waals surface area contributed by atoms with Gasteiger partial charge >= 0.3 is 35.5 Å². The molecule has 0 aliphatic rings. The molecule has 128 valence electrons. The standard InChI is InChI=1S/C18H36O2.Na.H3Si/c1-2-3-4-5-6-7-8-9-10-11-12-13-14-15-16-17-18(19)20;;/h2-17H2,1H3,(H,19,20);;1H3/q;+1;-1. The fourth-order valence-electron chi connectivity index (χ4n) is 2.65. The molecule has 0 fully saturated rings. The molecule has 0 aliphatic carbocycles. The molecule has 0 rings (SSSR count). The van der Waals surface area contributed by atoms with Crippen LogP contribution in [0.15, 0.2) is 0 Å². The van der Waals surface area contributed by atoms with Gasteiger partial charge in [-0.2, -0.15) is 0 Å². The van der Waals surface area contributed by atoms with Gasteiger partial charge in [-0.25, -0.2) is 0 Å². The summed E-state index contributed by atoms with van der Waals surface area (Å²) in [5.74, 6) is -0.653. The van der Waals surface area contributed by atoms with E-state index in [1.54, 1.807) is 0 Å². The van der Waals surface area contributed by atoms with Gasteiger partial charge in [-0.1, -0.05) is 96.8 Å². The Hall–Kier alpha value is 0.687. The number of aliphatic carboxylic acids is 1. The SMILES string of the molecule is CCCCCCCCCCCCCCCCCC(=O)O.[Na+].[SiH3-]. The molecule has 1 N–H and O–H groups in total.